The summed E-state index contributed by atoms with van der Waals surface area (Å²) in [6, 6.07) is 3.93. The van der Waals surface area contributed by atoms with Gasteiger partial charge in [0.15, 0.2) is 0 Å². The maximum atomic E-state index is 13.5. The predicted octanol–water partition coefficient (Wildman–Crippen LogP) is 3.69. The molecule has 1 unspecified atom stereocenters. The van der Waals surface area contributed by atoms with Gasteiger partial charge in [0.05, 0.1) is 19.1 Å². The van der Waals surface area contributed by atoms with E-state index < -0.39 is 30.6 Å². The molecule has 7 heteroatoms. The third-order valence-corrected chi connectivity index (χ3v) is 2.44. The third-order valence-electron chi connectivity index (χ3n) is 2.07. The summed E-state index contributed by atoms with van der Waals surface area (Å²) in [5.41, 5.74) is 0.0691. The first-order valence-electron chi connectivity index (χ1n) is 4.95. The second-order valence-corrected chi connectivity index (χ2v) is 4.01. The summed E-state index contributed by atoms with van der Waals surface area (Å²) < 4.78 is 58.2. The van der Waals surface area contributed by atoms with E-state index in [9.17, 15) is 17.6 Å². The van der Waals surface area contributed by atoms with E-state index in [1.165, 1.54) is 19.2 Å². The molecule has 1 rings (SSSR count). The maximum absolute atomic E-state index is 13.5. The van der Waals surface area contributed by atoms with Crippen LogP contribution in [0.1, 0.15) is 10.9 Å². The van der Waals surface area contributed by atoms with Crippen molar-refractivity contribution < 1.29 is 27.0 Å². The summed E-state index contributed by atoms with van der Waals surface area (Å²) in [6.45, 7) is -1.84. The van der Waals surface area contributed by atoms with Crippen LogP contribution in [-0.4, -0.2) is 26.5 Å². The van der Waals surface area contributed by atoms with Crippen LogP contribution >= 0.6 is 11.6 Å². The molecule has 0 aromatic heterocycles. The van der Waals surface area contributed by atoms with Crippen molar-refractivity contribution in [3.8, 4) is 5.75 Å². The van der Waals surface area contributed by atoms with Crippen molar-refractivity contribution in [1.29, 1.82) is 0 Å². The fraction of sp³-hybridized carbons (Fsp3) is 0.455. The molecule has 1 aromatic rings. The Morgan fingerprint density at radius 1 is 1.33 bits per heavy atom. The van der Waals surface area contributed by atoms with Crippen molar-refractivity contribution in [1.82, 2.24) is 0 Å². The third kappa shape index (κ3) is 4.70. The zero-order valence-electron chi connectivity index (χ0n) is 9.43. The molecule has 1 aromatic carbocycles. The van der Waals surface area contributed by atoms with Crippen LogP contribution < -0.4 is 4.74 Å². The first-order chi connectivity index (χ1) is 8.33. The van der Waals surface area contributed by atoms with Crippen molar-refractivity contribution in [2.24, 2.45) is 0 Å². The van der Waals surface area contributed by atoms with Gasteiger partial charge < -0.3 is 9.47 Å². The van der Waals surface area contributed by atoms with Crippen LogP contribution in [0.2, 0.25) is 0 Å². The molecule has 0 aliphatic rings. The van der Waals surface area contributed by atoms with Crippen LogP contribution in [0.25, 0.3) is 0 Å². The highest BCUT2D eigenvalue weighted by atomic mass is 35.5. The smallest absolute Gasteiger partial charge is 0.411 e. The van der Waals surface area contributed by atoms with Gasteiger partial charge in [0.2, 0.25) is 0 Å². The van der Waals surface area contributed by atoms with Crippen LogP contribution in [-0.2, 0) is 4.74 Å². The molecule has 0 spiro atoms. The topological polar surface area (TPSA) is 18.5 Å². The summed E-state index contributed by atoms with van der Waals surface area (Å²) in [5, 5.41) is -0.988. The van der Waals surface area contributed by atoms with Gasteiger partial charge in [-0.25, -0.2) is 4.39 Å². The lowest BCUT2D eigenvalue weighted by Crippen LogP contribution is -2.18. The minimum atomic E-state index is -4.42. The number of halogens is 5. The highest BCUT2D eigenvalue weighted by Gasteiger charge is 2.28. The number of ether oxygens (including phenoxy) is 2. The molecule has 102 valence electrons. The van der Waals surface area contributed by atoms with Crippen molar-refractivity contribution in [2.75, 3.05) is 20.3 Å². The maximum Gasteiger partial charge on any atom is 0.411 e. The normalized spacial score (nSPS) is 13.4. The number of methoxy groups -OCH3 is 1. The Morgan fingerprint density at radius 2 is 2.00 bits per heavy atom. The van der Waals surface area contributed by atoms with Gasteiger partial charge in [-0.1, -0.05) is 6.07 Å². The van der Waals surface area contributed by atoms with E-state index >= 15 is 0 Å². The van der Waals surface area contributed by atoms with Crippen molar-refractivity contribution in [2.45, 2.75) is 11.6 Å². The van der Waals surface area contributed by atoms with Crippen LogP contribution in [0.15, 0.2) is 18.2 Å². The molecule has 0 aliphatic heterocycles. The SMILES string of the molecule is COc1ccc(C(Cl)COCC(F)(F)F)c(F)c1. The number of hydrogen-bond donors (Lipinski definition) is 0. The molecule has 0 saturated heterocycles. The summed E-state index contributed by atoms with van der Waals surface area (Å²) in [6.07, 6.45) is -4.42. The zero-order chi connectivity index (χ0) is 13.8. The summed E-state index contributed by atoms with van der Waals surface area (Å²) in [4.78, 5) is 0. The van der Waals surface area contributed by atoms with Crippen LogP contribution in [0.3, 0.4) is 0 Å². The van der Waals surface area contributed by atoms with Crippen molar-refractivity contribution in [3.05, 3.63) is 29.6 Å². The highest BCUT2D eigenvalue weighted by Crippen LogP contribution is 2.27. The fourth-order valence-electron chi connectivity index (χ4n) is 1.26. The predicted molar refractivity (Wildman–Crippen MR) is 58.4 cm³/mol. The molecule has 0 bridgehead atoms. The van der Waals surface area contributed by atoms with Gasteiger partial charge in [-0.15, -0.1) is 11.6 Å². The molecular formula is C11H11ClF4O2. The monoisotopic (exact) mass is 286 g/mol. The van der Waals surface area contributed by atoms with E-state index in [0.29, 0.717) is 5.75 Å². The number of benzene rings is 1. The van der Waals surface area contributed by atoms with Gasteiger partial charge in [0, 0.05) is 11.6 Å². The first-order valence-corrected chi connectivity index (χ1v) is 5.39. The van der Waals surface area contributed by atoms with Crippen molar-refractivity contribution in [3.63, 3.8) is 0 Å². The summed E-state index contributed by atoms with van der Waals surface area (Å²) in [7, 11) is 1.37. The molecule has 18 heavy (non-hydrogen) atoms. The van der Waals surface area contributed by atoms with Crippen molar-refractivity contribution >= 4 is 11.6 Å². The van der Waals surface area contributed by atoms with Gasteiger partial charge in [0.1, 0.15) is 18.2 Å². The van der Waals surface area contributed by atoms with E-state index in [1.54, 1.807) is 0 Å². The second kappa shape index (κ2) is 6.24. The molecule has 0 radical (unpaired) electrons. The Hall–Kier alpha value is -1.01. The number of rotatable bonds is 5. The average Bonchev–Trinajstić information content (AvgIpc) is 2.26. The summed E-state index contributed by atoms with van der Waals surface area (Å²) in [5.74, 6) is -0.346. The number of alkyl halides is 4. The molecule has 0 amide bonds. The van der Waals surface area contributed by atoms with Crippen LogP contribution in [0.4, 0.5) is 17.6 Å². The quantitative estimate of drug-likeness (QED) is 0.607. The first kappa shape index (κ1) is 15.0. The molecule has 0 heterocycles. The molecule has 0 aliphatic carbocycles. The van der Waals surface area contributed by atoms with Gasteiger partial charge in [-0.2, -0.15) is 13.2 Å². The molecule has 0 fully saturated rings. The molecule has 0 saturated carbocycles. The largest absolute Gasteiger partial charge is 0.497 e. The lowest BCUT2D eigenvalue weighted by atomic mass is 10.1. The van der Waals surface area contributed by atoms with Crippen LogP contribution in [0.5, 0.6) is 5.75 Å². The minimum absolute atomic E-state index is 0.0691. The average molecular weight is 287 g/mol. The second-order valence-electron chi connectivity index (χ2n) is 3.49. The van der Waals surface area contributed by atoms with E-state index in [1.807, 2.05) is 0 Å². The molecule has 2 nitrogen and oxygen atoms in total. The fourth-order valence-corrected chi connectivity index (χ4v) is 1.52. The van der Waals surface area contributed by atoms with Gasteiger partial charge in [0.25, 0.3) is 0 Å². The Labute approximate surface area is 106 Å². The number of hydrogen-bond acceptors (Lipinski definition) is 2. The Kier molecular flexibility index (Phi) is 5.22. The molecule has 1 atom stereocenters. The Morgan fingerprint density at radius 3 is 2.50 bits per heavy atom. The van der Waals surface area contributed by atoms with Gasteiger partial charge >= 0.3 is 6.18 Å². The van der Waals surface area contributed by atoms with Gasteiger partial charge in [-0.05, 0) is 6.07 Å². The van der Waals surface area contributed by atoms with Crippen LogP contribution in [0, 0.1) is 5.82 Å². The van der Waals surface area contributed by atoms with Gasteiger partial charge in [-0.3, -0.25) is 0 Å². The zero-order valence-corrected chi connectivity index (χ0v) is 10.2. The standard InChI is InChI=1S/C11H11ClF4O2/c1-17-7-2-3-8(10(13)4-7)9(12)5-18-6-11(14,15)16/h2-4,9H,5-6H2,1H3. The summed E-state index contributed by atoms with van der Waals surface area (Å²) >= 11 is 5.76. The molecule has 0 N–H and O–H groups in total. The Bertz CT molecular complexity index is 395. The van der Waals surface area contributed by atoms with E-state index in [4.69, 9.17) is 16.3 Å². The minimum Gasteiger partial charge on any atom is -0.497 e. The van der Waals surface area contributed by atoms with E-state index in [-0.39, 0.29) is 5.56 Å². The van der Waals surface area contributed by atoms with E-state index in [2.05, 4.69) is 4.74 Å². The van der Waals surface area contributed by atoms with E-state index in [0.717, 1.165) is 6.07 Å². The molecular weight excluding hydrogens is 276 g/mol. The lowest BCUT2D eigenvalue weighted by molar-refractivity contribution is -0.173. The highest BCUT2D eigenvalue weighted by molar-refractivity contribution is 6.20. The lowest BCUT2D eigenvalue weighted by Gasteiger charge is -2.13. The Balaban J connectivity index is 2.59.